The molecule has 0 saturated heterocycles. The summed E-state index contributed by atoms with van der Waals surface area (Å²) in [6.45, 7) is 9.11. The zero-order valence-corrected chi connectivity index (χ0v) is 14.4. The number of rotatable bonds is 5. The summed E-state index contributed by atoms with van der Waals surface area (Å²) >= 11 is 1.58. The van der Waals surface area contributed by atoms with Crippen molar-refractivity contribution in [1.29, 1.82) is 0 Å². The molecule has 2 rings (SSSR count). The Morgan fingerprint density at radius 3 is 2.68 bits per heavy atom. The molecule has 0 unspecified atom stereocenters. The number of hydrogen-bond acceptors (Lipinski definition) is 3. The Kier molecular flexibility index (Phi) is 5.35. The number of hydrogen-bond donors (Lipinski definition) is 1. The van der Waals surface area contributed by atoms with Crippen LogP contribution in [0.25, 0.3) is 0 Å². The smallest absolute Gasteiger partial charge is 0.230 e. The molecule has 0 aliphatic heterocycles. The monoisotopic (exact) mass is 317 g/mol. The van der Waals surface area contributed by atoms with Gasteiger partial charge in [-0.15, -0.1) is 11.8 Å². The Morgan fingerprint density at radius 2 is 2.05 bits per heavy atom. The van der Waals surface area contributed by atoms with Crippen LogP contribution in [0.15, 0.2) is 45.9 Å². The number of carbonyl (C=O) groups excluding carboxylic acids is 1. The summed E-state index contributed by atoms with van der Waals surface area (Å²) in [5, 5.41) is 2.87. The predicted molar refractivity (Wildman–Crippen MR) is 91.2 cm³/mol. The van der Waals surface area contributed by atoms with E-state index in [2.05, 4.69) is 51.2 Å². The fraction of sp³-hybridized carbons (Fsp3) is 0.389. The molecule has 0 aliphatic carbocycles. The van der Waals surface area contributed by atoms with Crippen molar-refractivity contribution in [1.82, 2.24) is 5.32 Å². The molecule has 3 nitrogen and oxygen atoms in total. The highest BCUT2D eigenvalue weighted by atomic mass is 32.2. The van der Waals surface area contributed by atoms with Crippen molar-refractivity contribution in [2.24, 2.45) is 0 Å². The van der Waals surface area contributed by atoms with E-state index in [1.54, 1.807) is 18.0 Å². The highest BCUT2D eigenvalue weighted by Crippen LogP contribution is 2.29. The Balaban J connectivity index is 1.91. The van der Waals surface area contributed by atoms with Crippen LogP contribution < -0.4 is 5.32 Å². The molecule has 0 fully saturated rings. The lowest BCUT2D eigenvalue weighted by Crippen LogP contribution is -2.24. The van der Waals surface area contributed by atoms with Crippen molar-refractivity contribution >= 4 is 17.7 Å². The minimum Gasteiger partial charge on any atom is -0.467 e. The Hall–Kier alpha value is -1.68. The lowest BCUT2D eigenvalue weighted by molar-refractivity contribution is -0.118. The molecule has 1 amide bonds. The second kappa shape index (κ2) is 7.05. The van der Waals surface area contributed by atoms with Gasteiger partial charge in [0.15, 0.2) is 0 Å². The van der Waals surface area contributed by atoms with Crippen molar-refractivity contribution in [3.8, 4) is 0 Å². The van der Waals surface area contributed by atoms with E-state index in [1.165, 1.54) is 16.0 Å². The predicted octanol–water partition coefficient (Wildman–Crippen LogP) is 4.29. The van der Waals surface area contributed by atoms with Crippen LogP contribution in [0.1, 0.15) is 37.7 Å². The van der Waals surface area contributed by atoms with E-state index in [0.29, 0.717) is 12.3 Å². The van der Waals surface area contributed by atoms with Gasteiger partial charge in [0.05, 0.1) is 18.6 Å². The van der Waals surface area contributed by atoms with Crippen molar-refractivity contribution in [2.75, 3.05) is 5.75 Å². The van der Waals surface area contributed by atoms with E-state index < -0.39 is 0 Å². The minimum atomic E-state index is 0.0157. The molecule has 4 heteroatoms. The second-order valence-corrected chi connectivity index (χ2v) is 7.39. The lowest BCUT2D eigenvalue weighted by Gasteiger charge is -2.20. The van der Waals surface area contributed by atoms with Crippen LogP contribution in [0.4, 0.5) is 0 Å². The molecule has 118 valence electrons. The average Bonchev–Trinajstić information content (AvgIpc) is 2.96. The van der Waals surface area contributed by atoms with Crippen LogP contribution >= 0.6 is 11.8 Å². The summed E-state index contributed by atoms with van der Waals surface area (Å²) in [5.41, 5.74) is 2.61. The second-order valence-electron chi connectivity index (χ2n) is 6.38. The van der Waals surface area contributed by atoms with Gasteiger partial charge in [-0.25, -0.2) is 0 Å². The third-order valence-electron chi connectivity index (χ3n) is 3.45. The van der Waals surface area contributed by atoms with Crippen LogP contribution in [-0.4, -0.2) is 11.7 Å². The summed E-state index contributed by atoms with van der Waals surface area (Å²) in [7, 11) is 0. The van der Waals surface area contributed by atoms with E-state index in [4.69, 9.17) is 4.42 Å². The van der Waals surface area contributed by atoms with Crippen molar-refractivity contribution in [2.45, 2.75) is 44.6 Å². The molecule has 2 aromatic rings. The molecule has 1 N–H and O–H groups in total. The minimum absolute atomic E-state index is 0.0157. The molecule has 0 aliphatic rings. The van der Waals surface area contributed by atoms with Gasteiger partial charge in [0.1, 0.15) is 5.76 Å². The van der Waals surface area contributed by atoms with Gasteiger partial charge in [0.25, 0.3) is 0 Å². The van der Waals surface area contributed by atoms with Gasteiger partial charge in [-0.3, -0.25) is 4.79 Å². The SMILES string of the molecule is Cc1ccc(C(C)(C)C)cc1SCC(=O)NCc1ccco1. The molecule has 0 spiro atoms. The summed E-state index contributed by atoms with van der Waals surface area (Å²) in [6.07, 6.45) is 1.61. The molecule has 0 atom stereocenters. The number of benzene rings is 1. The molecule has 0 radical (unpaired) electrons. The quantitative estimate of drug-likeness (QED) is 0.836. The van der Waals surface area contributed by atoms with Crippen molar-refractivity contribution in [3.05, 3.63) is 53.5 Å². The summed E-state index contributed by atoms with van der Waals surface area (Å²) in [5.74, 6) is 1.20. The molecule has 22 heavy (non-hydrogen) atoms. The average molecular weight is 317 g/mol. The van der Waals surface area contributed by atoms with Crippen LogP contribution in [0.3, 0.4) is 0 Å². The standard InChI is InChI=1S/C18H23NO2S/c1-13-7-8-14(18(2,3)4)10-16(13)22-12-17(20)19-11-15-6-5-9-21-15/h5-10H,11-12H2,1-4H3,(H,19,20). The largest absolute Gasteiger partial charge is 0.467 e. The number of aryl methyl sites for hydroxylation is 1. The van der Waals surface area contributed by atoms with E-state index in [-0.39, 0.29) is 11.3 Å². The van der Waals surface area contributed by atoms with Gasteiger partial charge in [-0.1, -0.05) is 32.9 Å². The Labute approximate surface area is 136 Å². The summed E-state index contributed by atoms with van der Waals surface area (Å²) < 4.78 is 5.20. The van der Waals surface area contributed by atoms with Crippen molar-refractivity contribution in [3.63, 3.8) is 0 Å². The highest BCUT2D eigenvalue weighted by molar-refractivity contribution is 8.00. The number of nitrogens with one attached hydrogen (secondary N) is 1. The first kappa shape index (κ1) is 16.7. The highest BCUT2D eigenvalue weighted by Gasteiger charge is 2.15. The van der Waals surface area contributed by atoms with E-state index in [1.807, 2.05) is 12.1 Å². The molecule has 1 heterocycles. The van der Waals surface area contributed by atoms with Crippen LogP contribution in [-0.2, 0) is 16.8 Å². The molecular formula is C18H23NO2S. The fourth-order valence-electron chi connectivity index (χ4n) is 2.02. The topological polar surface area (TPSA) is 42.2 Å². The van der Waals surface area contributed by atoms with Gasteiger partial charge in [0.2, 0.25) is 5.91 Å². The van der Waals surface area contributed by atoms with Crippen LogP contribution in [0, 0.1) is 6.92 Å². The molecule has 1 aromatic heterocycles. The van der Waals surface area contributed by atoms with Gasteiger partial charge in [-0.05, 0) is 41.7 Å². The van der Waals surface area contributed by atoms with E-state index >= 15 is 0 Å². The van der Waals surface area contributed by atoms with Crippen LogP contribution in [0.5, 0.6) is 0 Å². The Morgan fingerprint density at radius 1 is 1.27 bits per heavy atom. The first-order chi connectivity index (χ1) is 10.4. The summed E-state index contributed by atoms with van der Waals surface area (Å²) in [6, 6.07) is 10.2. The number of amides is 1. The molecule has 1 aromatic carbocycles. The van der Waals surface area contributed by atoms with Gasteiger partial charge in [-0.2, -0.15) is 0 Å². The maximum Gasteiger partial charge on any atom is 0.230 e. The lowest BCUT2D eigenvalue weighted by atomic mass is 9.87. The third kappa shape index (κ3) is 4.67. The van der Waals surface area contributed by atoms with E-state index in [0.717, 1.165) is 5.76 Å². The maximum absolute atomic E-state index is 11.9. The normalized spacial score (nSPS) is 11.5. The molecule has 0 saturated carbocycles. The zero-order valence-electron chi connectivity index (χ0n) is 13.6. The number of thioether (sulfide) groups is 1. The van der Waals surface area contributed by atoms with Crippen LogP contribution in [0.2, 0.25) is 0 Å². The first-order valence-corrected chi connectivity index (χ1v) is 8.38. The van der Waals surface area contributed by atoms with E-state index in [9.17, 15) is 4.79 Å². The zero-order chi connectivity index (χ0) is 16.2. The first-order valence-electron chi connectivity index (χ1n) is 7.39. The number of carbonyl (C=O) groups is 1. The Bertz CT molecular complexity index is 627. The molecular weight excluding hydrogens is 294 g/mol. The third-order valence-corrected chi connectivity index (χ3v) is 4.61. The fourth-order valence-corrected chi connectivity index (χ4v) is 2.91. The maximum atomic E-state index is 11.9. The van der Waals surface area contributed by atoms with Gasteiger partial charge in [0, 0.05) is 4.90 Å². The summed E-state index contributed by atoms with van der Waals surface area (Å²) in [4.78, 5) is 13.1. The van der Waals surface area contributed by atoms with Crippen molar-refractivity contribution < 1.29 is 9.21 Å². The van der Waals surface area contributed by atoms with Gasteiger partial charge < -0.3 is 9.73 Å². The van der Waals surface area contributed by atoms with Gasteiger partial charge >= 0.3 is 0 Å². The molecule has 0 bridgehead atoms. The number of furan rings is 1.